The maximum atomic E-state index is 13.3. The summed E-state index contributed by atoms with van der Waals surface area (Å²) < 4.78 is 39.2. The summed E-state index contributed by atoms with van der Waals surface area (Å²) in [5.41, 5.74) is -0.157. The molecule has 232 valence electrons. The molecule has 4 aromatic rings. The van der Waals surface area contributed by atoms with Gasteiger partial charge in [0, 0.05) is 31.8 Å². The molecule has 0 aliphatic heterocycles. The largest absolute Gasteiger partial charge is 0.416 e. The van der Waals surface area contributed by atoms with E-state index in [9.17, 15) is 27.6 Å². The minimum absolute atomic E-state index is 0.0289. The second-order valence-electron chi connectivity index (χ2n) is 9.43. The van der Waals surface area contributed by atoms with Gasteiger partial charge in [-0.2, -0.15) is 13.2 Å². The van der Waals surface area contributed by atoms with Crippen LogP contribution in [0, 0.1) is 0 Å². The van der Waals surface area contributed by atoms with Crippen molar-refractivity contribution in [1.82, 2.24) is 5.32 Å². The summed E-state index contributed by atoms with van der Waals surface area (Å²) >= 11 is 19.7. The van der Waals surface area contributed by atoms with E-state index in [4.69, 9.17) is 34.8 Å². The quantitative estimate of drug-likeness (QED) is 0.121. The Kier molecular flexibility index (Phi) is 11.2. The van der Waals surface area contributed by atoms with Gasteiger partial charge in [-0.1, -0.05) is 59.1 Å². The van der Waals surface area contributed by atoms with E-state index >= 15 is 0 Å². The molecule has 0 saturated heterocycles. The zero-order valence-corrected chi connectivity index (χ0v) is 26.3. The number of carbonyl (C=O) groups excluding carboxylic acids is 3. The second-order valence-corrected chi connectivity index (χ2v) is 12.1. The van der Waals surface area contributed by atoms with E-state index < -0.39 is 34.7 Å². The molecular formula is C32H23Cl3F3N3O3S. The summed E-state index contributed by atoms with van der Waals surface area (Å²) in [4.78, 5) is 39.6. The van der Waals surface area contributed by atoms with Crippen LogP contribution in [0.1, 0.15) is 28.4 Å². The number of alkyl halides is 3. The van der Waals surface area contributed by atoms with Crippen LogP contribution in [0.2, 0.25) is 15.1 Å². The average Bonchev–Trinajstić information content (AvgIpc) is 3.00. The smallest absolute Gasteiger partial charge is 0.324 e. The lowest BCUT2D eigenvalue weighted by atomic mass is 10.1. The fourth-order valence-corrected chi connectivity index (χ4v) is 5.38. The number of carbonyl (C=O) groups is 3. The predicted octanol–water partition coefficient (Wildman–Crippen LogP) is 9.19. The lowest BCUT2D eigenvalue weighted by Crippen LogP contribution is -2.30. The van der Waals surface area contributed by atoms with Gasteiger partial charge in [0.1, 0.15) is 5.70 Å². The van der Waals surface area contributed by atoms with Crippen LogP contribution in [0.3, 0.4) is 0 Å². The summed E-state index contributed by atoms with van der Waals surface area (Å²) in [6.07, 6.45) is -3.21. The highest BCUT2D eigenvalue weighted by molar-refractivity contribution is 8.00. The number of anilines is 2. The van der Waals surface area contributed by atoms with Crippen LogP contribution in [-0.4, -0.2) is 23.0 Å². The Labute approximate surface area is 275 Å². The molecule has 0 aromatic heterocycles. The SMILES string of the molecule is CC(Sc1ccc(NC(=O)/C(=C/c2c(Cl)cccc2Cl)NC(=O)c2ccccc2)cc1)C(=O)Nc1cc(C(F)(F)F)ccc1Cl. The van der Waals surface area contributed by atoms with E-state index in [-0.39, 0.29) is 26.5 Å². The van der Waals surface area contributed by atoms with E-state index in [1.54, 1.807) is 79.7 Å². The van der Waals surface area contributed by atoms with Gasteiger partial charge in [0.25, 0.3) is 11.8 Å². The van der Waals surface area contributed by atoms with Gasteiger partial charge < -0.3 is 16.0 Å². The van der Waals surface area contributed by atoms with Crippen molar-refractivity contribution >= 4 is 81.7 Å². The van der Waals surface area contributed by atoms with Gasteiger partial charge in [-0.3, -0.25) is 14.4 Å². The number of hydrogen-bond donors (Lipinski definition) is 3. The molecule has 3 N–H and O–H groups in total. The first-order valence-corrected chi connectivity index (χ1v) is 15.1. The Bertz CT molecular complexity index is 1730. The van der Waals surface area contributed by atoms with Crippen molar-refractivity contribution in [2.45, 2.75) is 23.2 Å². The standard InChI is InChI=1S/C32H23Cl3F3N3O3S/c1-18(29(42)40-27-16-20(32(36,37)38)10-15-26(27)35)45-22-13-11-21(12-14-22)39-31(44)28(17-23-24(33)8-5-9-25(23)34)41-30(43)19-6-3-2-4-7-19/h2-18H,1H3,(H,39,44)(H,40,42)(H,41,43)/b28-17-. The summed E-state index contributed by atoms with van der Waals surface area (Å²) in [5, 5.41) is 7.58. The number of amides is 3. The van der Waals surface area contributed by atoms with Crippen molar-refractivity contribution in [2.24, 2.45) is 0 Å². The van der Waals surface area contributed by atoms with Gasteiger partial charge in [-0.05, 0) is 79.7 Å². The third kappa shape index (κ3) is 9.27. The molecule has 4 rings (SSSR count). The van der Waals surface area contributed by atoms with E-state index in [0.29, 0.717) is 21.7 Å². The van der Waals surface area contributed by atoms with Crippen LogP contribution in [0.25, 0.3) is 6.08 Å². The van der Waals surface area contributed by atoms with Crippen LogP contribution < -0.4 is 16.0 Å². The lowest BCUT2D eigenvalue weighted by Gasteiger charge is -2.15. The fourth-order valence-electron chi connectivity index (χ4n) is 3.84. The fraction of sp³-hybridized carbons (Fsp3) is 0.0938. The Balaban J connectivity index is 1.46. The number of hydrogen-bond acceptors (Lipinski definition) is 4. The van der Waals surface area contributed by atoms with Crippen molar-refractivity contribution in [3.8, 4) is 0 Å². The van der Waals surface area contributed by atoms with Crippen LogP contribution in [0.4, 0.5) is 24.5 Å². The monoisotopic (exact) mass is 691 g/mol. The molecule has 6 nitrogen and oxygen atoms in total. The topological polar surface area (TPSA) is 87.3 Å². The van der Waals surface area contributed by atoms with Gasteiger partial charge in [0.2, 0.25) is 5.91 Å². The van der Waals surface area contributed by atoms with Crippen molar-refractivity contribution in [2.75, 3.05) is 10.6 Å². The predicted molar refractivity (Wildman–Crippen MR) is 174 cm³/mol. The van der Waals surface area contributed by atoms with E-state index in [2.05, 4.69) is 16.0 Å². The number of rotatable bonds is 9. The van der Waals surface area contributed by atoms with Gasteiger partial charge in [-0.25, -0.2) is 0 Å². The Morgan fingerprint density at radius 2 is 1.44 bits per heavy atom. The molecule has 0 spiro atoms. The first-order chi connectivity index (χ1) is 21.3. The molecule has 0 saturated carbocycles. The van der Waals surface area contributed by atoms with Crippen molar-refractivity contribution < 1.29 is 27.6 Å². The molecular weight excluding hydrogens is 670 g/mol. The molecule has 1 unspecified atom stereocenters. The molecule has 0 aliphatic rings. The van der Waals surface area contributed by atoms with Crippen molar-refractivity contribution in [1.29, 1.82) is 0 Å². The highest BCUT2D eigenvalue weighted by atomic mass is 35.5. The molecule has 1 atom stereocenters. The second kappa shape index (κ2) is 14.9. The molecule has 13 heteroatoms. The average molecular weight is 693 g/mol. The molecule has 0 aliphatic carbocycles. The molecule has 0 bridgehead atoms. The molecule has 4 aromatic carbocycles. The summed E-state index contributed by atoms with van der Waals surface area (Å²) in [6, 6.07) is 22.3. The Hall–Kier alpha value is -3.96. The van der Waals surface area contributed by atoms with Crippen LogP contribution in [-0.2, 0) is 15.8 Å². The maximum Gasteiger partial charge on any atom is 0.416 e. The third-order valence-corrected chi connectivity index (χ3v) is 8.26. The molecule has 0 radical (unpaired) electrons. The molecule has 3 amide bonds. The van der Waals surface area contributed by atoms with E-state index in [1.165, 1.54) is 6.08 Å². The third-order valence-electron chi connectivity index (χ3n) is 6.16. The summed E-state index contributed by atoms with van der Waals surface area (Å²) in [6.45, 7) is 1.59. The van der Waals surface area contributed by atoms with Gasteiger partial charge in [0.05, 0.1) is 21.5 Å². The van der Waals surface area contributed by atoms with Crippen LogP contribution in [0.15, 0.2) is 102 Å². The first kappa shape index (κ1) is 33.9. The number of nitrogens with one attached hydrogen (secondary N) is 3. The minimum atomic E-state index is -4.59. The minimum Gasteiger partial charge on any atom is -0.324 e. The number of thioether (sulfide) groups is 1. The Morgan fingerprint density at radius 1 is 0.800 bits per heavy atom. The van der Waals surface area contributed by atoms with Gasteiger partial charge >= 0.3 is 6.18 Å². The highest BCUT2D eigenvalue weighted by Gasteiger charge is 2.31. The zero-order chi connectivity index (χ0) is 32.7. The van der Waals surface area contributed by atoms with Crippen molar-refractivity contribution in [3.05, 3.63) is 128 Å². The van der Waals surface area contributed by atoms with Crippen LogP contribution >= 0.6 is 46.6 Å². The number of benzene rings is 4. The Morgan fingerprint density at radius 3 is 2.07 bits per heavy atom. The highest BCUT2D eigenvalue weighted by Crippen LogP contribution is 2.34. The first-order valence-electron chi connectivity index (χ1n) is 13.1. The molecule has 0 heterocycles. The molecule has 0 fully saturated rings. The van der Waals surface area contributed by atoms with Crippen LogP contribution in [0.5, 0.6) is 0 Å². The summed E-state index contributed by atoms with van der Waals surface area (Å²) in [5.74, 6) is -1.73. The zero-order valence-electron chi connectivity index (χ0n) is 23.2. The van der Waals surface area contributed by atoms with E-state index in [1.807, 2.05) is 0 Å². The van der Waals surface area contributed by atoms with Gasteiger partial charge in [-0.15, -0.1) is 11.8 Å². The molecule has 45 heavy (non-hydrogen) atoms. The summed E-state index contributed by atoms with van der Waals surface area (Å²) in [7, 11) is 0. The van der Waals surface area contributed by atoms with Gasteiger partial charge in [0.15, 0.2) is 0 Å². The lowest BCUT2D eigenvalue weighted by molar-refractivity contribution is -0.137. The normalized spacial score (nSPS) is 12.3. The number of halogens is 6. The maximum absolute atomic E-state index is 13.3. The van der Waals surface area contributed by atoms with Crippen molar-refractivity contribution in [3.63, 3.8) is 0 Å². The van der Waals surface area contributed by atoms with E-state index in [0.717, 1.165) is 30.0 Å².